The van der Waals surface area contributed by atoms with E-state index in [0.717, 1.165) is 5.56 Å². The highest BCUT2D eigenvalue weighted by Gasteiger charge is 2.10. The Morgan fingerprint density at radius 1 is 1.25 bits per heavy atom. The Bertz CT molecular complexity index is 514. The first-order chi connectivity index (χ1) is 7.72. The first kappa shape index (κ1) is 11.4. The molecule has 0 saturated heterocycles. The molecule has 0 saturated carbocycles. The molecule has 0 fully saturated rings. The average molecular weight is 256 g/mol. The van der Waals surface area contributed by atoms with E-state index >= 15 is 0 Å². The van der Waals surface area contributed by atoms with Gasteiger partial charge in [-0.15, -0.1) is 11.6 Å². The van der Waals surface area contributed by atoms with E-state index in [9.17, 15) is 4.39 Å². The van der Waals surface area contributed by atoms with Gasteiger partial charge in [0.05, 0.1) is 0 Å². The van der Waals surface area contributed by atoms with Crippen LogP contribution in [0.5, 0.6) is 0 Å². The molecule has 1 nitrogen and oxygen atoms in total. The molecule has 82 valence electrons. The zero-order chi connectivity index (χ0) is 11.5. The van der Waals surface area contributed by atoms with Gasteiger partial charge in [0.15, 0.2) is 0 Å². The second-order valence-corrected chi connectivity index (χ2v) is 3.91. The average Bonchev–Trinajstić information content (AvgIpc) is 2.28. The van der Waals surface area contributed by atoms with Gasteiger partial charge in [-0.2, -0.15) is 0 Å². The van der Waals surface area contributed by atoms with E-state index in [2.05, 4.69) is 4.98 Å². The number of hydrogen-bond donors (Lipinski definition) is 0. The largest absolute Gasteiger partial charge is 0.244 e. The smallest absolute Gasteiger partial charge is 0.137 e. The van der Waals surface area contributed by atoms with Gasteiger partial charge in [-0.05, 0) is 29.3 Å². The third-order valence-corrected chi connectivity index (χ3v) is 2.82. The minimum Gasteiger partial charge on any atom is -0.244 e. The molecule has 4 heteroatoms. The molecule has 2 aromatic rings. The van der Waals surface area contributed by atoms with Crippen LogP contribution >= 0.6 is 23.2 Å². The van der Waals surface area contributed by atoms with E-state index in [1.807, 2.05) is 0 Å². The molecular formula is C12H8Cl2FN. The van der Waals surface area contributed by atoms with Crippen molar-refractivity contribution < 1.29 is 4.39 Å². The Labute approximate surface area is 103 Å². The van der Waals surface area contributed by atoms with E-state index in [4.69, 9.17) is 23.2 Å². The quantitative estimate of drug-likeness (QED) is 0.577. The number of benzene rings is 1. The topological polar surface area (TPSA) is 12.9 Å². The van der Waals surface area contributed by atoms with Crippen LogP contribution in [0.3, 0.4) is 0 Å². The lowest BCUT2D eigenvalue weighted by Crippen LogP contribution is -1.90. The van der Waals surface area contributed by atoms with Gasteiger partial charge in [0.25, 0.3) is 0 Å². The molecule has 0 radical (unpaired) electrons. The molecule has 2 rings (SSSR count). The van der Waals surface area contributed by atoms with E-state index < -0.39 is 0 Å². The molecule has 0 unspecified atom stereocenters. The van der Waals surface area contributed by atoms with Gasteiger partial charge in [0, 0.05) is 17.6 Å². The lowest BCUT2D eigenvalue weighted by molar-refractivity contribution is 0.628. The highest BCUT2D eigenvalue weighted by Crippen LogP contribution is 2.30. The van der Waals surface area contributed by atoms with Gasteiger partial charge in [0.1, 0.15) is 11.0 Å². The zero-order valence-corrected chi connectivity index (χ0v) is 9.76. The number of alkyl halides is 1. The van der Waals surface area contributed by atoms with Crippen LogP contribution in [0.25, 0.3) is 11.1 Å². The number of pyridine rings is 1. The Morgan fingerprint density at radius 3 is 2.75 bits per heavy atom. The molecule has 0 N–H and O–H groups in total. The molecule has 0 atom stereocenters. The van der Waals surface area contributed by atoms with Gasteiger partial charge in [0.2, 0.25) is 0 Å². The summed E-state index contributed by atoms with van der Waals surface area (Å²) in [4.78, 5) is 3.98. The standard InChI is InChI=1S/C12H8Cl2FN/c13-7-9-4-5-16-12(14)11(9)8-2-1-3-10(15)6-8/h1-6H,7H2. The summed E-state index contributed by atoms with van der Waals surface area (Å²) >= 11 is 11.8. The Kier molecular flexibility index (Phi) is 3.42. The SMILES string of the molecule is Fc1cccc(-c2c(CCl)ccnc2Cl)c1. The molecule has 0 aliphatic heterocycles. The van der Waals surface area contributed by atoms with Crippen molar-refractivity contribution in [3.63, 3.8) is 0 Å². The third-order valence-electron chi connectivity index (χ3n) is 2.25. The van der Waals surface area contributed by atoms with Crippen LogP contribution in [0, 0.1) is 5.82 Å². The first-order valence-corrected chi connectivity index (χ1v) is 5.59. The fourth-order valence-corrected chi connectivity index (χ4v) is 2.04. The van der Waals surface area contributed by atoms with Crippen LogP contribution in [0.2, 0.25) is 5.15 Å². The number of rotatable bonds is 2. The van der Waals surface area contributed by atoms with Crippen molar-refractivity contribution >= 4 is 23.2 Å². The second-order valence-electron chi connectivity index (χ2n) is 3.28. The van der Waals surface area contributed by atoms with Crippen LogP contribution in [0.15, 0.2) is 36.5 Å². The predicted octanol–water partition coefficient (Wildman–Crippen LogP) is 4.28. The van der Waals surface area contributed by atoms with Crippen LogP contribution < -0.4 is 0 Å². The zero-order valence-electron chi connectivity index (χ0n) is 8.25. The lowest BCUT2D eigenvalue weighted by atomic mass is 10.0. The van der Waals surface area contributed by atoms with Gasteiger partial charge < -0.3 is 0 Å². The van der Waals surface area contributed by atoms with Gasteiger partial charge in [-0.1, -0.05) is 23.7 Å². The molecule has 1 heterocycles. The Morgan fingerprint density at radius 2 is 2.06 bits per heavy atom. The van der Waals surface area contributed by atoms with Crippen LogP contribution in [0.1, 0.15) is 5.56 Å². The summed E-state index contributed by atoms with van der Waals surface area (Å²) < 4.78 is 13.1. The van der Waals surface area contributed by atoms with Gasteiger partial charge in [-0.3, -0.25) is 0 Å². The molecule has 0 bridgehead atoms. The summed E-state index contributed by atoms with van der Waals surface area (Å²) in [5.41, 5.74) is 2.22. The summed E-state index contributed by atoms with van der Waals surface area (Å²) in [6.07, 6.45) is 1.59. The molecule has 0 aliphatic carbocycles. The van der Waals surface area contributed by atoms with E-state index in [-0.39, 0.29) is 5.82 Å². The van der Waals surface area contributed by atoms with Gasteiger partial charge >= 0.3 is 0 Å². The summed E-state index contributed by atoms with van der Waals surface area (Å²) in [6.45, 7) is 0. The predicted molar refractivity (Wildman–Crippen MR) is 64.2 cm³/mol. The number of aromatic nitrogens is 1. The fraction of sp³-hybridized carbons (Fsp3) is 0.0833. The van der Waals surface area contributed by atoms with Crippen molar-refractivity contribution in [3.05, 3.63) is 53.1 Å². The number of nitrogens with zero attached hydrogens (tertiary/aromatic N) is 1. The van der Waals surface area contributed by atoms with Crippen molar-refractivity contribution in [1.29, 1.82) is 0 Å². The third kappa shape index (κ3) is 2.18. The van der Waals surface area contributed by atoms with Crippen LogP contribution in [-0.4, -0.2) is 4.98 Å². The molecule has 0 aliphatic rings. The first-order valence-electron chi connectivity index (χ1n) is 4.67. The minimum atomic E-state index is -0.307. The molecule has 1 aromatic heterocycles. The number of hydrogen-bond acceptors (Lipinski definition) is 1. The van der Waals surface area contributed by atoms with E-state index in [0.29, 0.717) is 22.2 Å². The number of halogens is 3. The highest BCUT2D eigenvalue weighted by atomic mass is 35.5. The fourth-order valence-electron chi connectivity index (χ4n) is 1.53. The molecule has 0 amide bonds. The van der Waals surface area contributed by atoms with E-state index in [1.54, 1.807) is 24.4 Å². The summed E-state index contributed by atoms with van der Waals surface area (Å²) in [7, 11) is 0. The molecule has 0 spiro atoms. The maximum absolute atomic E-state index is 13.1. The van der Waals surface area contributed by atoms with Crippen molar-refractivity contribution in [1.82, 2.24) is 4.98 Å². The maximum atomic E-state index is 13.1. The normalized spacial score (nSPS) is 10.4. The summed E-state index contributed by atoms with van der Waals surface area (Å²) in [5, 5.41) is 0.337. The van der Waals surface area contributed by atoms with Gasteiger partial charge in [-0.25, -0.2) is 9.37 Å². The second kappa shape index (κ2) is 4.81. The Balaban J connectivity index is 2.63. The van der Waals surface area contributed by atoms with Crippen LogP contribution in [-0.2, 0) is 5.88 Å². The molecule has 1 aromatic carbocycles. The van der Waals surface area contributed by atoms with Crippen molar-refractivity contribution in [2.75, 3.05) is 0 Å². The Hall–Kier alpha value is -1.12. The van der Waals surface area contributed by atoms with Crippen molar-refractivity contribution in [2.45, 2.75) is 5.88 Å². The summed E-state index contributed by atoms with van der Waals surface area (Å²) in [6, 6.07) is 7.99. The van der Waals surface area contributed by atoms with Crippen LogP contribution in [0.4, 0.5) is 4.39 Å². The van der Waals surface area contributed by atoms with Crippen molar-refractivity contribution in [2.24, 2.45) is 0 Å². The minimum absolute atomic E-state index is 0.307. The van der Waals surface area contributed by atoms with E-state index in [1.165, 1.54) is 12.1 Å². The summed E-state index contributed by atoms with van der Waals surface area (Å²) in [5.74, 6) is 0.00612. The lowest BCUT2D eigenvalue weighted by Gasteiger charge is -2.08. The highest BCUT2D eigenvalue weighted by molar-refractivity contribution is 6.32. The molecular weight excluding hydrogens is 248 g/mol. The molecule has 16 heavy (non-hydrogen) atoms. The van der Waals surface area contributed by atoms with Crippen molar-refractivity contribution in [3.8, 4) is 11.1 Å². The monoisotopic (exact) mass is 255 g/mol. The maximum Gasteiger partial charge on any atom is 0.137 e.